The van der Waals surface area contributed by atoms with Crippen molar-refractivity contribution in [2.45, 2.75) is 26.4 Å². The summed E-state index contributed by atoms with van der Waals surface area (Å²) >= 11 is 0. The zero-order valence-electron chi connectivity index (χ0n) is 13.6. The van der Waals surface area contributed by atoms with Crippen LogP contribution in [0.1, 0.15) is 23.2 Å². The second-order valence-electron chi connectivity index (χ2n) is 5.88. The van der Waals surface area contributed by atoms with Gasteiger partial charge in [-0.25, -0.2) is 0 Å². The van der Waals surface area contributed by atoms with E-state index >= 15 is 0 Å². The first-order valence-corrected chi connectivity index (χ1v) is 7.69. The zero-order chi connectivity index (χ0) is 17.7. The number of carboxylic acid groups (broad SMARTS) is 1. The van der Waals surface area contributed by atoms with Crippen LogP contribution in [-0.4, -0.2) is 51.3 Å². The van der Waals surface area contributed by atoms with E-state index in [1.54, 1.807) is 11.0 Å². The first-order valence-electron chi connectivity index (χ1n) is 7.69. The van der Waals surface area contributed by atoms with Gasteiger partial charge in [-0.05, 0) is 24.1 Å². The van der Waals surface area contributed by atoms with E-state index in [4.69, 9.17) is 9.90 Å². The molecule has 2 aliphatic heterocycles. The largest absolute Gasteiger partial charge is 0.483 e. The van der Waals surface area contributed by atoms with Crippen LogP contribution in [0.15, 0.2) is 24.9 Å². The number of rotatable bonds is 3. The molecular weight excluding hydrogens is 310 g/mol. The lowest BCUT2D eigenvalue weighted by atomic mass is 10.1. The van der Waals surface area contributed by atoms with Crippen LogP contribution in [-0.2, 0) is 27.5 Å². The van der Waals surface area contributed by atoms with Crippen LogP contribution >= 0.6 is 0 Å². The topological polar surface area (TPSA) is 90.8 Å². The molecule has 2 aliphatic rings. The van der Waals surface area contributed by atoms with Crippen molar-refractivity contribution in [3.8, 4) is 0 Å². The first kappa shape index (κ1) is 17.7. The van der Waals surface area contributed by atoms with Gasteiger partial charge in [0.2, 0.25) is 11.8 Å². The highest BCUT2D eigenvalue weighted by Gasteiger charge is 2.37. The zero-order valence-corrected chi connectivity index (χ0v) is 13.6. The number of nitrogens with zero attached hydrogens (tertiary/aromatic N) is 3. The molecule has 3 rings (SSSR count). The molecule has 24 heavy (non-hydrogen) atoms. The molecule has 0 saturated carbocycles. The molecule has 7 nitrogen and oxygen atoms in total. The maximum Gasteiger partial charge on any atom is 0.290 e. The molecular formula is C17H21N3O4. The van der Waals surface area contributed by atoms with Crippen molar-refractivity contribution in [1.82, 2.24) is 14.8 Å². The van der Waals surface area contributed by atoms with E-state index in [0.29, 0.717) is 32.6 Å². The third-order valence-electron chi connectivity index (χ3n) is 4.17. The minimum Gasteiger partial charge on any atom is -0.483 e. The Morgan fingerprint density at radius 1 is 1.46 bits per heavy atom. The SMILES string of the molecule is C=CCN1CC(C(=O)N2Cc3cnc(C)cc3C2)CC1=O.O=CO. The van der Waals surface area contributed by atoms with Gasteiger partial charge < -0.3 is 14.9 Å². The fourth-order valence-corrected chi connectivity index (χ4v) is 3.09. The van der Waals surface area contributed by atoms with Gasteiger partial charge in [0.25, 0.3) is 6.47 Å². The van der Waals surface area contributed by atoms with Gasteiger partial charge in [0.1, 0.15) is 0 Å². The molecule has 0 bridgehead atoms. The first-order chi connectivity index (χ1) is 11.5. The molecule has 1 fully saturated rings. The second kappa shape index (κ2) is 7.72. The lowest BCUT2D eigenvalue weighted by Crippen LogP contribution is -2.34. The molecule has 7 heteroatoms. The Morgan fingerprint density at radius 3 is 2.79 bits per heavy atom. The minimum atomic E-state index is -0.250. The average molecular weight is 331 g/mol. The summed E-state index contributed by atoms with van der Waals surface area (Å²) in [6.45, 7) is 7.61. The van der Waals surface area contributed by atoms with Crippen LogP contribution in [0.4, 0.5) is 0 Å². The van der Waals surface area contributed by atoms with Crippen LogP contribution in [0, 0.1) is 12.8 Å². The molecule has 1 atom stereocenters. The van der Waals surface area contributed by atoms with Gasteiger partial charge in [-0.3, -0.25) is 19.4 Å². The van der Waals surface area contributed by atoms with E-state index < -0.39 is 0 Å². The number of pyridine rings is 1. The van der Waals surface area contributed by atoms with Crippen LogP contribution in [0.25, 0.3) is 0 Å². The summed E-state index contributed by atoms with van der Waals surface area (Å²) in [5.41, 5.74) is 3.25. The minimum absolute atomic E-state index is 0.0440. The van der Waals surface area contributed by atoms with Crippen LogP contribution in [0.3, 0.4) is 0 Å². The van der Waals surface area contributed by atoms with Gasteiger partial charge in [0.15, 0.2) is 0 Å². The summed E-state index contributed by atoms with van der Waals surface area (Å²) < 4.78 is 0. The molecule has 1 unspecified atom stereocenters. The van der Waals surface area contributed by atoms with E-state index in [9.17, 15) is 9.59 Å². The number of hydrogen-bond acceptors (Lipinski definition) is 4. The summed E-state index contributed by atoms with van der Waals surface area (Å²) in [5, 5.41) is 6.89. The molecule has 128 valence electrons. The second-order valence-corrected chi connectivity index (χ2v) is 5.88. The summed E-state index contributed by atoms with van der Waals surface area (Å²) in [5.74, 6) is -0.105. The predicted octanol–water partition coefficient (Wildman–Crippen LogP) is 0.968. The van der Waals surface area contributed by atoms with E-state index in [-0.39, 0.29) is 24.2 Å². The number of carbonyl (C=O) groups is 3. The number of amides is 2. The van der Waals surface area contributed by atoms with Gasteiger partial charge in [0, 0.05) is 44.5 Å². The molecule has 1 saturated heterocycles. The van der Waals surface area contributed by atoms with Crippen molar-refractivity contribution in [1.29, 1.82) is 0 Å². The highest BCUT2D eigenvalue weighted by molar-refractivity contribution is 5.89. The number of fused-ring (bicyclic) bond motifs is 1. The van der Waals surface area contributed by atoms with E-state index in [1.807, 2.05) is 24.1 Å². The Kier molecular flexibility index (Phi) is 5.68. The predicted molar refractivity (Wildman–Crippen MR) is 86.8 cm³/mol. The van der Waals surface area contributed by atoms with E-state index in [2.05, 4.69) is 11.6 Å². The molecule has 1 N–H and O–H groups in total. The molecule has 0 aromatic carbocycles. The van der Waals surface area contributed by atoms with Crippen molar-refractivity contribution in [2.24, 2.45) is 5.92 Å². The fraction of sp³-hybridized carbons (Fsp3) is 0.412. The van der Waals surface area contributed by atoms with Crippen molar-refractivity contribution in [3.05, 3.63) is 41.7 Å². The fourth-order valence-electron chi connectivity index (χ4n) is 3.09. The van der Waals surface area contributed by atoms with Gasteiger partial charge in [-0.15, -0.1) is 6.58 Å². The van der Waals surface area contributed by atoms with Crippen molar-refractivity contribution in [3.63, 3.8) is 0 Å². The molecule has 0 spiro atoms. The molecule has 2 amide bonds. The summed E-state index contributed by atoms with van der Waals surface area (Å²) in [6, 6.07) is 2.03. The Balaban J connectivity index is 0.000000647. The van der Waals surface area contributed by atoms with Gasteiger partial charge in [-0.1, -0.05) is 6.08 Å². The third kappa shape index (κ3) is 3.79. The molecule has 1 aromatic heterocycles. The highest BCUT2D eigenvalue weighted by atomic mass is 16.3. The van der Waals surface area contributed by atoms with Gasteiger partial charge >= 0.3 is 0 Å². The van der Waals surface area contributed by atoms with Crippen molar-refractivity contribution < 1.29 is 19.5 Å². The number of aryl methyl sites for hydroxylation is 1. The van der Waals surface area contributed by atoms with Crippen LogP contribution in [0.2, 0.25) is 0 Å². The maximum absolute atomic E-state index is 12.6. The van der Waals surface area contributed by atoms with Gasteiger partial charge in [-0.2, -0.15) is 0 Å². The molecule has 3 heterocycles. The van der Waals surface area contributed by atoms with E-state index in [0.717, 1.165) is 11.3 Å². The average Bonchev–Trinajstić information content (AvgIpc) is 3.11. The van der Waals surface area contributed by atoms with Crippen LogP contribution in [0.5, 0.6) is 0 Å². The summed E-state index contributed by atoms with van der Waals surface area (Å²) in [4.78, 5) is 40.6. The maximum atomic E-state index is 12.6. The lowest BCUT2D eigenvalue weighted by Gasteiger charge is -2.20. The Labute approximate surface area is 140 Å². The Bertz CT molecular complexity index is 659. The summed E-state index contributed by atoms with van der Waals surface area (Å²) in [6.07, 6.45) is 3.86. The third-order valence-corrected chi connectivity index (χ3v) is 4.17. The quantitative estimate of drug-likeness (QED) is 0.658. The highest BCUT2D eigenvalue weighted by Crippen LogP contribution is 2.27. The number of carbonyl (C=O) groups excluding carboxylic acids is 2. The number of hydrogen-bond donors (Lipinski definition) is 1. The number of likely N-dealkylation sites (tertiary alicyclic amines) is 1. The Morgan fingerprint density at radius 2 is 2.12 bits per heavy atom. The monoisotopic (exact) mass is 331 g/mol. The lowest BCUT2D eigenvalue weighted by molar-refractivity contribution is -0.136. The normalized spacial score (nSPS) is 18.7. The molecule has 0 aliphatic carbocycles. The van der Waals surface area contributed by atoms with Gasteiger partial charge in [0.05, 0.1) is 5.92 Å². The Hall–Kier alpha value is -2.70. The van der Waals surface area contributed by atoms with Crippen molar-refractivity contribution >= 4 is 18.3 Å². The smallest absolute Gasteiger partial charge is 0.290 e. The van der Waals surface area contributed by atoms with Crippen molar-refractivity contribution in [2.75, 3.05) is 13.1 Å². The standard InChI is InChI=1S/C16H19N3O2.CH2O2/c1-3-4-18-9-13(6-15(18)20)16(21)19-8-12-5-11(2)17-7-14(12)10-19;2-1-3/h3,5,7,13H,1,4,6,8-10H2,2H3;1H,(H,2,3). The number of aromatic nitrogens is 1. The summed E-state index contributed by atoms with van der Waals surface area (Å²) in [7, 11) is 0. The molecule has 1 aromatic rings. The van der Waals surface area contributed by atoms with Crippen LogP contribution < -0.4 is 0 Å². The van der Waals surface area contributed by atoms with E-state index in [1.165, 1.54) is 5.56 Å². The molecule has 0 radical (unpaired) electrons.